The van der Waals surface area contributed by atoms with Gasteiger partial charge >= 0.3 is 0 Å². The molecule has 0 saturated carbocycles. The van der Waals surface area contributed by atoms with Crippen LogP contribution in [0.2, 0.25) is 0 Å². The molecule has 1 aromatic heterocycles. The molecule has 1 aliphatic rings. The SMILES string of the molecule is ONCc1cnn(C2CCCCO2)c1. The number of hydrogen-bond donors (Lipinski definition) is 2. The second-order valence-electron chi connectivity index (χ2n) is 3.48. The van der Waals surface area contributed by atoms with E-state index in [-0.39, 0.29) is 6.23 Å². The van der Waals surface area contributed by atoms with Crippen molar-refractivity contribution < 1.29 is 9.94 Å². The predicted octanol–water partition coefficient (Wildman–Crippen LogP) is 1.06. The summed E-state index contributed by atoms with van der Waals surface area (Å²) in [6, 6.07) is 0. The third-order valence-corrected chi connectivity index (χ3v) is 2.39. The van der Waals surface area contributed by atoms with Gasteiger partial charge in [0.2, 0.25) is 0 Å². The first kappa shape index (κ1) is 9.64. The van der Waals surface area contributed by atoms with Crippen molar-refractivity contribution in [2.45, 2.75) is 32.0 Å². The normalized spacial score (nSPS) is 22.5. The summed E-state index contributed by atoms with van der Waals surface area (Å²) in [5.41, 5.74) is 3.07. The summed E-state index contributed by atoms with van der Waals surface area (Å²) in [6.45, 7) is 1.24. The van der Waals surface area contributed by atoms with Crippen LogP contribution in [-0.2, 0) is 11.3 Å². The van der Waals surface area contributed by atoms with Crippen LogP contribution in [0.25, 0.3) is 0 Å². The monoisotopic (exact) mass is 197 g/mol. The topological polar surface area (TPSA) is 59.3 Å². The maximum Gasteiger partial charge on any atom is 0.150 e. The minimum atomic E-state index is 0.0798. The van der Waals surface area contributed by atoms with E-state index in [2.05, 4.69) is 10.6 Å². The number of hydrogen-bond acceptors (Lipinski definition) is 4. The number of nitrogens with zero attached hydrogens (tertiary/aromatic N) is 2. The molecule has 78 valence electrons. The molecular weight excluding hydrogens is 182 g/mol. The first-order chi connectivity index (χ1) is 6.90. The second-order valence-corrected chi connectivity index (χ2v) is 3.48. The van der Waals surface area contributed by atoms with E-state index < -0.39 is 0 Å². The molecule has 0 bridgehead atoms. The van der Waals surface area contributed by atoms with Gasteiger partial charge in [0.15, 0.2) is 0 Å². The smallest absolute Gasteiger partial charge is 0.150 e. The van der Waals surface area contributed by atoms with E-state index in [4.69, 9.17) is 9.94 Å². The number of ether oxygens (including phenoxy) is 1. The first-order valence-corrected chi connectivity index (χ1v) is 4.92. The van der Waals surface area contributed by atoms with Crippen LogP contribution < -0.4 is 5.48 Å². The molecule has 2 rings (SSSR count). The molecule has 0 amide bonds. The van der Waals surface area contributed by atoms with E-state index in [0.717, 1.165) is 25.0 Å². The lowest BCUT2D eigenvalue weighted by molar-refractivity contribution is -0.0395. The highest BCUT2D eigenvalue weighted by Crippen LogP contribution is 2.21. The van der Waals surface area contributed by atoms with Gasteiger partial charge in [-0.05, 0) is 19.3 Å². The molecule has 0 spiro atoms. The van der Waals surface area contributed by atoms with Gasteiger partial charge in [0, 0.05) is 24.9 Å². The summed E-state index contributed by atoms with van der Waals surface area (Å²) < 4.78 is 7.40. The number of hydroxylamine groups is 1. The van der Waals surface area contributed by atoms with Crippen molar-refractivity contribution in [2.24, 2.45) is 0 Å². The highest BCUT2D eigenvalue weighted by atomic mass is 16.5. The molecule has 1 unspecified atom stereocenters. The standard InChI is InChI=1S/C9H15N3O2/c13-11-6-8-5-10-12(7-8)9-3-1-2-4-14-9/h5,7,9,11,13H,1-4,6H2. The summed E-state index contributed by atoms with van der Waals surface area (Å²) >= 11 is 0. The van der Waals surface area contributed by atoms with E-state index in [1.807, 2.05) is 10.9 Å². The van der Waals surface area contributed by atoms with E-state index in [1.54, 1.807) is 6.20 Å². The van der Waals surface area contributed by atoms with Crippen LogP contribution in [-0.4, -0.2) is 21.6 Å². The fourth-order valence-electron chi connectivity index (χ4n) is 1.65. The summed E-state index contributed by atoms with van der Waals surface area (Å²) in [5, 5.41) is 12.7. The minimum Gasteiger partial charge on any atom is -0.357 e. The lowest BCUT2D eigenvalue weighted by Gasteiger charge is -2.22. The molecule has 0 aromatic carbocycles. The van der Waals surface area contributed by atoms with Gasteiger partial charge < -0.3 is 9.94 Å². The zero-order valence-corrected chi connectivity index (χ0v) is 8.02. The molecule has 5 nitrogen and oxygen atoms in total. The van der Waals surface area contributed by atoms with E-state index in [9.17, 15) is 0 Å². The van der Waals surface area contributed by atoms with Crippen LogP contribution in [0.15, 0.2) is 12.4 Å². The number of aromatic nitrogens is 2. The van der Waals surface area contributed by atoms with Crippen molar-refractivity contribution in [1.82, 2.24) is 15.3 Å². The van der Waals surface area contributed by atoms with Gasteiger partial charge in [0.25, 0.3) is 0 Å². The van der Waals surface area contributed by atoms with Gasteiger partial charge in [-0.3, -0.25) is 0 Å². The Morgan fingerprint density at radius 1 is 1.64 bits per heavy atom. The van der Waals surface area contributed by atoms with Crippen LogP contribution in [0.1, 0.15) is 31.1 Å². The summed E-state index contributed by atoms with van der Waals surface area (Å²) in [7, 11) is 0. The molecular formula is C9H15N3O2. The predicted molar refractivity (Wildman–Crippen MR) is 49.7 cm³/mol. The zero-order chi connectivity index (χ0) is 9.80. The van der Waals surface area contributed by atoms with Crippen LogP contribution >= 0.6 is 0 Å². The molecule has 1 fully saturated rings. The highest BCUT2D eigenvalue weighted by molar-refractivity contribution is 5.03. The van der Waals surface area contributed by atoms with Crippen LogP contribution in [0, 0.1) is 0 Å². The Balaban J connectivity index is 2.00. The van der Waals surface area contributed by atoms with Gasteiger partial charge in [0.1, 0.15) is 6.23 Å². The van der Waals surface area contributed by atoms with Gasteiger partial charge in [-0.2, -0.15) is 5.10 Å². The Morgan fingerprint density at radius 2 is 2.57 bits per heavy atom. The molecule has 1 atom stereocenters. The first-order valence-electron chi connectivity index (χ1n) is 4.92. The Morgan fingerprint density at radius 3 is 3.29 bits per heavy atom. The number of rotatable bonds is 3. The van der Waals surface area contributed by atoms with Crippen molar-refractivity contribution >= 4 is 0 Å². The van der Waals surface area contributed by atoms with Gasteiger partial charge in [-0.15, -0.1) is 0 Å². The Bertz CT molecular complexity index is 281. The van der Waals surface area contributed by atoms with Crippen molar-refractivity contribution in [3.8, 4) is 0 Å². The van der Waals surface area contributed by atoms with Crippen molar-refractivity contribution in [2.75, 3.05) is 6.61 Å². The Labute approximate surface area is 82.6 Å². The molecule has 1 aromatic rings. The molecule has 2 N–H and O–H groups in total. The third-order valence-electron chi connectivity index (χ3n) is 2.39. The summed E-state index contributed by atoms with van der Waals surface area (Å²) in [5.74, 6) is 0. The fourth-order valence-corrected chi connectivity index (χ4v) is 1.65. The Kier molecular flexibility index (Phi) is 3.13. The van der Waals surface area contributed by atoms with Gasteiger partial charge in [0.05, 0.1) is 6.20 Å². The van der Waals surface area contributed by atoms with E-state index >= 15 is 0 Å². The molecule has 1 aliphatic heterocycles. The molecule has 1 saturated heterocycles. The molecule has 0 radical (unpaired) electrons. The maximum atomic E-state index is 8.52. The lowest BCUT2D eigenvalue weighted by atomic mass is 10.2. The average Bonchev–Trinajstić information content (AvgIpc) is 2.68. The van der Waals surface area contributed by atoms with Crippen molar-refractivity contribution in [3.05, 3.63) is 18.0 Å². The van der Waals surface area contributed by atoms with Gasteiger partial charge in [-0.25, -0.2) is 10.2 Å². The largest absolute Gasteiger partial charge is 0.357 e. The number of nitrogens with one attached hydrogen (secondary N) is 1. The average molecular weight is 197 g/mol. The van der Waals surface area contributed by atoms with Crippen LogP contribution in [0.5, 0.6) is 0 Å². The lowest BCUT2D eigenvalue weighted by Crippen LogP contribution is -2.18. The van der Waals surface area contributed by atoms with Crippen molar-refractivity contribution in [3.63, 3.8) is 0 Å². The third kappa shape index (κ3) is 2.12. The quantitative estimate of drug-likeness (QED) is 0.711. The zero-order valence-electron chi connectivity index (χ0n) is 8.02. The molecule has 0 aliphatic carbocycles. The van der Waals surface area contributed by atoms with E-state index in [1.165, 1.54) is 6.42 Å². The highest BCUT2D eigenvalue weighted by Gasteiger charge is 2.16. The Hall–Kier alpha value is -0.910. The van der Waals surface area contributed by atoms with Gasteiger partial charge in [-0.1, -0.05) is 0 Å². The second kappa shape index (κ2) is 4.54. The summed E-state index contributed by atoms with van der Waals surface area (Å²) in [4.78, 5) is 0. The van der Waals surface area contributed by atoms with Crippen molar-refractivity contribution in [1.29, 1.82) is 0 Å². The molecule has 2 heterocycles. The summed E-state index contributed by atoms with van der Waals surface area (Å²) in [6.07, 6.45) is 7.07. The maximum absolute atomic E-state index is 8.52. The molecule has 14 heavy (non-hydrogen) atoms. The fraction of sp³-hybridized carbons (Fsp3) is 0.667. The van der Waals surface area contributed by atoms with Crippen LogP contribution in [0.4, 0.5) is 0 Å². The molecule has 5 heteroatoms. The van der Waals surface area contributed by atoms with Crippen LogP contribution in [0.3, 0.4) is 0 Å². The minimum absolute atomic E-state index is 0.0798. The van der Waals surface area contributed by atoms with E-state index in [0.29, 0.717) is 6.54 Å².